The van der Waals surface area contributed by atoms with Gasteiger partial charge in [-0.1, -0.05) is 20.8 Å². The smallest absolute Gasteiger partial charge is 0.223 e. The minimum Gasteiger partial charge on any atom is -0.391 e. The first-order valence-electron chi connectivity index (χ1n) is 5.26. The summed E-state index contributed by atoms with van der Waals surface area (Å²) in [5, 5.41) is 9.40. The van der Waals surface area contributed by atoms with Crippen molar-refractivity contribution in [1.82, 2.24) is 4.90 Å². The summed E-state index contributed by atoms with van der Waals surface area (Å²) in [5.41, 5.74) is -0.0853. The second-order valence-electron chi connectivity index (χ2n) is 5.38. The Morgan fingerprint density at radius 3 is 2.60 bits per heavy atom. The number of hydrogen-bond donors (Lipinski definition) is 1. The molecule has 86 valence electrons. The third-order valence-electron chi connectivity index (χ3n) is 2.48. The first-order valence-corrected chi connectivity index (χ1v) is 5.26. The lowest BCUT2D eigenvalue weighted by Crippen LogP contribution is -2.38. The predicted molar refractivity (Wildman–Crippen MR) is 56.3 cm³/mol. The zero-order valence-corrected chi connectivity index (χ0v) is 9.56. The molecule has 1 fully saturated rings. The van der Waals surface area contributed by atoms with Crippen LogP contribution in [0.25, 0.3) is 0 Å². The average molecular weight is 213 g/mol. The molecule has 0 saturated carbocycles. The van der Waals surface area contributed by atoms with Crippen LogP contribution in [-0.2, 0) is 9.59 Å². The van der Waals surface area contributed by atoms with E-state index in [4.69, 9.17) is 0 Å². The van der Waals surface area contributed by atoms with Gasteiger partial charge in [0.2, 0.25) is 5.91 Å². The maximum absolute atomic E-state index is 11.8. The quantitative estimate of drug-likeness (QED) is 0.683. The Bertz CT molecular complexity index is 257. The van der Waals surface area contributed by atoms with Gasteiger partial charge in [0.1, 0.15) is 6.29 Å². The molecule has 1 N–H and O–H groups in total. The molecule has 0 aromatic rings. The Balaban J connectivity index is 2.63. The molecule has 1 rings (SSSR count). The number of rotatable bonds is 2. The molecule has 0 bridgehead atoms. The van der Waals surface area contributed by atoms with Crippen molar-refractivity contribution in [2.75, 3.05) is 6.54 Å². The predicted octanol–water partition coefficient (Wildman–Crippen LogP) is 0.583. The number of likely N-dealkylation sites (tertiary alicyclic amines) is 1. The third kappa shape index (κ3) is 3.30. The number of carbonyl (C=O) groups is 2. The summed E-state index contributed by atoms with van der Waals surface area (Å²) >= 11 is 0. The van der Waals surface area contributed by atoms with E-state index in [9.17, 15) is 14.7 Å². The molecule has 1 saturated heterocycles. The van der Waals surface area contributed by atoms with Crippen LogP contribution < -0.4 is 0 Å². The second-order valence-corrected chi connectivity index (χ2v) is 5.38. The van der Waals surface area contributed by atoms with Crippen molar-refractivity contribution in [3.8, 4) is 0 Å². The zero-order chi connectivity index (χ0) is 11.6. The molecular formula is C11H19NO3. The second kappa shape index (κ2) is 4.31. The van der Waals surface area contributed by atoms with E-state index in [0.717, 1.165) is 6.29 Å². The van der Waals surface area contributed by atoms with Crippen LogP contribution in [0.4, 0.5) is 0 Å². The van der Waals surface area contributed by atoms with Gasteiger partial charge in [0.05, 0.1) is 12.1 Å². The lowest BCUT2D eigenvalue weighted by molar-refractivity contribution is -0.136. The van der Waals surface area contributed by atoms with Gasteiger partial charge in [-0.25, -0.2) is 0 Å². The fourth-order valence-electron chi connectivity index (χ4n) is 1.81. The van der Waals surface area contributed by atoms with Crippen LogP contribution >= 0.6 is 0 Å². The highest BCUT2D eigenvalue weighted by Gasteiger charge is 2.35. The molecule has 0 aliphatic carbocycles. The molecule has 2 atom stereocenters. The van der Waals surface area contributed by atoms with Crippen molar-refractivity contribution < 1.29 is 14.7 Å². The highest BCUT2D eigenvalue weighted by Crippen LogP contribution is 2.24. The molecular weight excluding hydrogens is 194 g/mol. The molecule has 2 unspecified atom stereocenters. The highest BCUT2D eigenvalue weighted by molar-refractivity contribution is 5.81. The van der Waals surface area contributed by atoms with Crippen LogP contribution in [0.3, 0.4) is 0 Å². The van der Waals surface area contributed by atoms with Crippen LogP contribution in [0.2, 0.25) is 0 Å². The normalized spacial score (nSPS) is 26.8. The number of aliphatic hydroxyl groups excluding tert-OH is 1. The van der Waals surface area contributed by atoms with Gasteiger partial charge >= 0.3 is 0 Å². The van der Waals surface area contributed by atoms with Gasteiger partial charge in [-0.3, -0.25) is 4.79 Å². The van der Waals surface area contributed by atoms with E-state index in [1.807, 2.05) is 20.8 Å². The maximum Gasteiger partial charge on any atom is 0.223 e. The van der Waals surface area contributed by atoms with E-state index < -0.39 is 12.1 Å². The average Bonchev–Trinajstić information content (AvgIpc) is 2.43. The largest absolute Gasteiger partial charge is 0.391 e. The van der Waals surface area contributed by atoms with E-state index in [-0.39, 0.29) is 17.9 Å². The van der Waals surface area contributed by atoms with Gasteiger partial charge in [0.25, 0.3) is 0 Å². The van der Waals surface area contributed by atoms with Crippen molar-refractivity contribution in [3.05, 3.63) is 0 Å². The number of nitrogens with zero attached hydrogens (tertiary/aromatic N) is 1. The maximum atomic E-state index is 11.8. The van der Waals surface area contributed by atoms with Gasteiger partial charge < -0.3 is 14.8 Å². The third-order valence-corrected chi connectivity index (χ3v) is 2.48. The molecule has 0 aromatic heterocycles. The summed E-state index contributed by atoms with van der Waals surface area (Å²) in [6, 6.07) is -0.435. The Labute approximate surface area is 90.3 Å². The van der Waals surface area contributed by atoms with Gasteiger partial charge in [-0.15, -0.1) is 0 Å². The summed E-state index contributed by atoms with van der Waals surface area (Å²) in [6.07, 6.45) is 0.976. The van der Waals surface area contributed by atoms with Crippen LogP contribution in [0, 0.1) is 5.41 Å². The molecule has 1 amide bonds. The Morgan fingerprint density at radius 2 is 2.13 bits per heavy atom. The first kappa shape index (κ1) is 12.2. The van der Waals surface area contributed by atoms with Crippen molar-refractivity contribution >= 4 is 12.2 Å². The zero-order valence-electron chi connectivity index (χ0n) is 9.56. The number of β-amino-alcohol motifs (C(OH)–C–C–N with tert-alkyl or cyclic N) is 1. The number of aliphatic hydroxyl groups is 1. The van der Waals surface area contributed by atoms with E-state index in [0.29, 0.717) is 12.8 Å². The molecule has 4 heteroatoms. The molecule has 1 aliphatic heterocycles. The molecule has 0 spiro atoms. The Kier molecular flexibility index (Phi) is 3.50. The fourth-order valence-corrected chi connectivity index (χ4v) is 1.81. The number of amides is 1. The van der Waals surface area contributed by atoms with Crippen LogP contribution in [-0.4, -0.2) is 40.9 Å². The van der Waals surface area contributed by atoms with Crippen LogP contribution in [0.5, 0.6) is 0 Å². The lowest BCUT2D eigenvalue weighted by atomic mass is 9.91. The number of aldehydes is 1. The summed E-state index contributed by atoms with van der Waals surface area (Å²) in [5.74, 6) is -0.0452. The molecule has 15 heavy (non-hydrogen) atoms. The molecule has 0 radical (unpaired) electrons. The molecule has 0 aromatic carbocycles. The molecule has 4 nitrogen and oxygen atoms in total. The lowest BCUT2D eigenvalue weighted by Gasteiger charge is -2.25. The van der Waals surface area contributed by atoms with Gasteiger partial charge in [-0.05, 0) is 5.41 Å². The summed E-state index contributed by atoms with van der Waals surface area (Å²) in [6.45, 7) is 6.23. The van der Waals surface area contributed by atoms with Crippen molar-refractivity contribution in [1.29, 1.82) is 0 Å². The van der Waals surface area contributed by atoms with Crippen LogP contribution in [0.15, 0.2) is 0 Å². The van der Waals surface area contributed by atoms with Crippen molar-refractivity contribution in [2.45, 2.75) is 45.8 Å². The van der Waals surface area contributed by atoms with Gasteiger partial charge in [-0.2, -0.15) is 0 Å². The molecule has 1 heterocycles. The monoisotopic (exact) mass is 213 g/mol. The Morgan fingerprint density at radius 1 is 1.53 bits per heavy atom. The van der Waals surface area contributed by atoms with Gasteiger partial charge in [0.15, 0.2) is 0 Å². The Hall–Kier alpha value is -0.900. The standard InChI is InChI=1S/C11H19NO3/c1-11(2,3)5-10(15)12-6-9(14)4-8(12)7-13/h7-9,14H,4-6H2,1-3H3. The number of hydrogen-bond acceptors (Lipinski definition) is 3. The highest BCUT2D eigenvalue weighted by atomic mass is 16.3. The topological polar surface area (TPSA) is 57.6 Å². The van der Waals surface area contributed by atoms with Crippen molar-refractivity contribution in [3.63, 3.8) is 0 Å². The molecule has 1 aliphatic rings. The van der Waals surface area contributed by atoms with Gasteiger partial charge in [0, 0.05) is 19.4 Å². The summed E-state index contributed by atoms with van der Waals surface area (Å²) in [7, 11) is 0. The van der Waals surface area contributed by atoms with E-state index in [2.05, 4.69) is 0 Å². The minimum atomic E-state index is -0.552. The van der Waals surface area contributed by atoms with E-state index in [1.165, 1.54) is 4.90 Å². The number of carbonyl (C=O) groups excluding carboxylic acids is 2. The fraction of sp³-hybridized carbons (Fsp3) is 0.818. The van der Waals surface area contributed by atoms with Crippen LogP contribution in [0.1, 0.15) is 33.6 Å². The van der Waals surface area contributed by atoms with E-state index in [1.54, 1.807) is 0 Å². The SMILES string of the molecule is CC(C)(C)CC(=O)N1CC(O)CC1C=O. The summed E-state index contributed by atoms with van der Waals surface area (Å²) in [4.78, 5) is 24.0. The minimum absolute atomic E-state index is 0.0452. The summed E-state index contributed by atoms with van der Waals surface area (Å²) < 4.78 is 0. The van der Waals surface area contributed by atoms with E-state index >= 15 is 0 Å². The first-order chi connectivity index (χ1) is 6.83. The van der Waals surface area contributed by atoms with Crippen molar-refractivity contribution in [2.24, 2.45) is 5.41 Å².